The molecular weight excluding hydrogens is 272 g/mol. The minimum absolute atomic E-state index is 0.128. The fraction of sp³-hybridized carbons (Fsp3) is 0.364. The van der Waals surface area contributed by atoms with Crippen LogP contribution in [0.2, 0.25) is 0 Å². The summed E-state index contributed by atoms with van der Waals surface area (Å²) >= 11 is 3.37. The van der Waals surface area contributed by atoms with Crippen LogP contribution in [0.3, 0.4) is 0 Å². The second-order valence-electron chi connectivity index (χ2n) is 3.50. The van der Waals surface area contributed by atoms with Gasteiger partial charge in [0, 0.05) is 12.7 Å². The van der Waals surface area contributed by atoms with Crippen LogP contribution in [0.1, 0.15) is 6.92 Å². The quantitative estimate of drug-likeness (QED) is 0.921. The van der Waals surface area contributed by atoms with Gasteiger partial charge in [0.05, 0.1) is 17.6 Å². The number of ether oxygens (including phenoxy) is 1. The van der Waals surface area contributed by atoms with Crippen molar-refractivity contribution in [1.82, 2.24) is 0 Å². The highest BCUT2D eigenvalue weighted by Crippen LogP contribution is 2.29. The van der Waals surface area contributed by atoms with Crippen molar-refractivity contribution in [2.75, 3.05) is 19.1 Å². The molecule has 0 aliphatic heterocycles. The molecule has 1 rings (SSSR count). The standard InChI is InChI=1S/C11H15BrN2O2/c1-7(13)11(15)14(2)8-4-5-10(16-3)9(12)6-8/h4-7H,13H2,1-3H3. The Kier molecular flexibility index (Phi) is 4.32. The molecule has 0 saturated carbocycles. The number of methoxy groups -OCH3 is 1. The maximum absolute atomic E-state index is 11.7. The van der Waals surface area contributed by atoms with E-state index in [1.54, 1.807) is 27.1 Å². The molecule has 5 heteroatoms. The van der Waals surface area contributed by atoms with Gasteiger partial charge in [-0.1, -0.05) is 0 Å². The lowest BCUT2D eigenvalue weighted by molar-refractivity contribution is -0.119. The summed E-state index contributed by atoms with van der Waals surface area (Å²) in [6.45, 7) is 1.66. The van der Waals surface area contributed by atoms with Crippen molar-refractivity contribution in [3.05, 3.63) is 22.7 Å². The highest BCUT2D eigenvalue weighted by atomic mass is 79.9. The van der Waals surface area contributed by atoms with Crippen LogP contribution in [0.5, 0.6) is 5.75 Å². The number of carbonyl (C=O) groups is 1. The number of carbonyl (C=O) groups excluding carboxylic acids is 1. The zero-order chi connectivity index (χ0) is 12.3. The fourth-order valence-electron chi connectivity index (χ4n) is 1.30. The molecule has 0 radical (unpaired) electrons. The van der Waals surface area contributed by atoms with Crippen molar-refractivity contribution >= 4 is 27.5 Å². The number of halogens is 1. The Bertz CT molecular complexity index is 394. The van der Waals surface area contributed by atoms with Crippen LogP contribution in [0.15, 0.2) is 22.7 Å². The predicted molar refractivity (Wildman–Crippen MR) is 67.8 cm³/mol. The van der Waals surface area contributed by atoms with Crippen molar-refractivity contribution in [3.63, 3.8) is 0 Å². The Labute approximate surface area is 103 Å². The molecule has 4 nitrogen and oxygen atoms in total. The number of rotatable bonds is 3. The molecule has 1 aromatic rings. The number of anilines is 1. The van der Waals surface area contributed by atoms with Gasteiger partial charge in [0.15, 0.2) is 0 Å². The zero-order valence-electron chi connectivity index (χ0n) is 9.53. The van der Waals surface area contributed by atoms with Gasteiger partial charge in [-0.15, -0.1) is 0 Å². The topological polar surface area (TPSA) is 55.6 Å². The molecule has 0 saturated heterocycles. The Morgan fingerprint density at radius 2 is 2.19 bits per heavy atom. The van der Waals surface area contributed by atoms with E-state index >= 15 is 0 Å². The van der Waals surface area contributed by atoms with E-state index in [9.17, 15) is 4.79 Å². The molecule has 16 heavy (non-hydrogen) atoms. The van der Waals surface area contributed by atoms with Crippen LogP contribution >= 0.6 is 15.9 Å². The third kappa shape index (κ3) is 2.74. The van der Waals surface area contributed by atoms with Crippen molar-refractivity contribution < 1.29 is 9.53 Å². The molecule has 0 aliphatic rings. The number of hydrogen-bond donors (Lipinski definition) is 1. The summed E-state index contributed by atoms with van der Waals surface area (Å²) < 4.78 is 5.92. The number of nitrogens with zero attached hydrogens (tertiary/aromatic N) is 1. The first kappa shape index (κ1) is 13.0. The smallest absolute Gasteiger partial charge is 0.243 e. The van der Waals surface area contributed by atoms with Gasteiger partial charge in [0.2, 0.25) is 5.91 Å². The molecule has 0 heterocycles. The van der Waals surface area contributed by atoms with Gasteiger partial charge in [-0.25, -0.2) is 0 Å². The third-order valence-corrected chi connectivity index (χ3v) is 2.86. The molecule has 88 valence electrons. The highest BCUT2D eigenvalue weighted by Gasteiger charge is 2.15. The van der Waals surface area contributed by atoms with E-state index in [1.165, 1.54) is 4.90 Å². The maximum Gasteiger partial charge on any atom is 0.243 e. The largest absolute Gasteiger partial charge is 0.496 e. The first-order valence-corrected chi connectivity index (χ1v) is 5.63. The number of likely N-dealkylation sites (N-methyl/N-ethyl adjacent to an activating group) is 1. The third-order valence-electron chi connectivity index (χ3n) is 2.24. The number of nitrogens with two attached hydrogens (primary N) is 1. The molecule has 0 aromatic heterocycles. The van der Waals surface area contributed by atoms with Crippen LogP contribution in [-0.2, 0) is 4.79 Å². The van der Waals surface area contributed by atoms with E-state index in [0.29, 0.717) is 0 Å². The molecule has 2 N–H and O–H groups in total. The van der Waals surface area contributed by atoms with Gasteiger partial charge in [-0.3, -0.25) is 4.79 Å². The van der Waals surface area contributed by atoms with E-state index in [0.717, 1.165) is 15.9 Å². The first-order valence-electron chi connectivity index (χ1n) is 4.84. The Morgan fingerprint density at radius 1 is 1.56 bits per heavy atom. The van der Waals surface area contributed by atoms with Crippen LogP contribution in [0.25, 0.3) is 0 Å². The highest BCUT2D eigenvalue weighted by molar-refractivity contribution is 9.10. The van der Waals surface area contributed by atoms with E-state index in [4.69, 9.17) is 10.5 Å². The summed E-state index contributed by atoms with van der Waals surface area (Å²) in [7, 11) is 3.29. The van der Waals surface area contributed by atoms with E-state index < -0.39 is 6.04 Å². The van der Waals surface area contributed by atoms with Crippen LogP contribution in [-0.4, -0.2) is 26.1 Å². The van der Waals surface area contributed by atoms with Gasteiger partial charge >= 0.3 is 0 Å². The number of hydrogen-bond acceptors (Lipinski definition) is 3. The van der Waals surface area contributed by atoms with E-state index in [-0.39, 0.29) is 5.91 Å². The predicted octanol–water partition coefficient (Wildman–Crippen LogP) is 1.77. The minimum atomic E-state index is -0.508. The lowest BCUT2D eigenvalue weighted by Crippen LogP contribution is -2.39. The average molecular weight is 287 g/mol. The van der Waals surface area contributed by atoms with Crippen molar-refractivity contribution in [3.8, 4) is 5.75 Å². The van der Waals surface area contributed by atoms with Gasteiger partial charge in [-0.05, 0) is 41.1 Å². The van der Waals surface area contributed by atoms with Crippen LogP contribution < -0.4 is 15.4 Å². The summed E-state index contributed by atoms with van der Waals surface area (Å²) in [5, 5.41) is 0. The maximum atomic E-state index is 11.7. The Morgan fingerprint density at radius 3 is 2.62 bits per heavy atom. The van der Waals surface area contributed by atoms with Gasteiger partial charge in [0.1, 0.15) is 5.75 Å². The number of benzene rings is 1. The van der Waals surface area contributed by atoms with Crippen LogP contribution in [0.4, 0.5) is 5.69 Å². The summed E-state index contributed by atoms with van der Waals surface area (Å²) in [5.41, 5.74) is 6.31. The Balaban J connectivity index is 2.97. The molecule has 0 bridgehead atoms. The summed E-state index contributed by atoms with van der Waals surface area (Å²) in [5.74, 6) is 0.600. The SMILES string of the molecule is COc1ccc(N(C)C(=O)C(C)N)cc1Br. The first-order chi connectivity index (χ1) is 7.47. The molecule has 1 amide bonds. The monoisotopic (exact) mass is 286 g/mol. The fourth-order valence-corrected chi connectivity index (χ4v) is 1.83. The second kappa shape index (κ2) is 5.32. The summed E-state index contributed by atoms with van der Waals surface area (Å²) in [6, 6.07) is 4.92. The normalized spacial score (nSPS) is 12.1. The van der Waals surface area contributed by atoms with Gasteiger partial charge in [-0.2, -0.15) is 0 Å². The van der Waals surface area contributed by atoms with Crippen LogP contribution in [0, 0.1) is 0 Å². The molecule has 1 atom stereocenters. The second-order valence-corrected chi connectivity index (χ2v) is 4.36. The van der Waals surface area contributed by atoms with Gasteiger partial charge in [0.25, 0.3) is 0 Å². The lowest BCUT2D eigenvalue weighted by atomic mass is 10.2. The van der Waals surface area contributed by atoms with Crippen molar-refractivity contribution in [1.29, 1.82) is 0 Å². The number of amides is 1. The lowest BCUT2D eigenvalue weighted by Gasteiger charge is -2.20. The van der Waals surface area contributed by atoms with E-state index in [1.807, 2.05) is 12.1 Å². The summed E-state index contributed by atoms with van der Waals surface area (Å²) in [4.78, 5) is 13.2. The Hall–Kier alpha value is -1.07. The molecule has 0 fully saturated rings. The molecule has 0 spiro atoms. The molecule has 1 unspecified atom stereocenters. The van der Waals surface area contributed by atoms with E-state index in [2.05, 4.69) is 15.9 Å². The molecule has 0 aliphatic carbocycles. The van der Waals surface area contributed by atoms with Gasteiger partial charge < -0.3 is 15.4 Å². The van der Waals surface area contributed by atoms with Crippen molar-refractivity contribution in [2.45, 2.75) is 13.0 Å². The zero-order valence-corrected chi connectivity index (χ0v) is 11.1. The average Bonchev–Trinajstić information content (AvgIpc) is 2.26. The molecular formula is C11H15BrN2O2. The summed E-state index contributed by atoms with van der Waals surface area (Å²) in [6.07, 6.45) is 0. The minimum Gasteiger partial charge on any atom is -0.496 e. The molecule has 1 aromatic carbocycles. The van der Waals surface area contributed by atoms with Crippen molar-refractivity contribution in [2.24, 2.45) is 5.73 Å².